The molecule has 1 aliphatic heterocycles. The molecule has 1 aliphatic rings. The zero-order valence-electron chi connectivity index (χ0n) is 17.4. The Kier molecular flexibility index (Phi) is 8.80. The van der Waals surface area contributed by atoms with Crippen molar-refractivity contribution in [3.63, 3.8) is 0 Å². The summed E-state index contributed by atoms with van der Waals surface area (Å²) in [6.45, 7) is 5.02. The predicted octanol–water partition coefficient (Wildman–Crippen LogP) is 3.28. The molecule has 158 valence electrons. The molecule has 1 saturated heterocycles. The Morgan fingerprint density at radius 2 is 2.00 bits per heavy atom. The van der Waals surface area contributed by atoms with Gasteiger partial charge in [0.2, 0.25) is 0 Å². The van der Waals surface area contributed by atoms with Crippen LogP contribution in [0, 0.1) is 0 Å². The molecule has 0 bridgehead atoms. The minimum atomic E-state index is 0.401. The summed E-state index contributed by atoms with van der Waals surface area (Å²) in [5, 5.41) is 8.99. The van der Waals surface area contributed by atoms with Crippen LogP contribution < -0.4 is 15.4 Å². The Hall–Kier alpha value is -2.09. The summed E-state index contributed by atoms with van der Waals surface area (Å²) in [5.41, 5.74) is 1.06. The first-order valence-corrected chi connectivity index (χ1v) is 11.1. The number of methoxy groups -OCH3 is 1. The van der Waals surface area contributed by atoms with Crippen LogP contribution in [0.25, 0.3) is 0 Å². The molecule has 0 spiro atoms. The molecule has 6 nitrogen and oxygen atoms in total. The third-order valence-corrected chi connectivity index (χ3v) is 6.10. The van der Waals surface area contributed by atoms with Crippen molar-refractivity contribution in [2.75, 3.05) is 46.9 Å². The Labute approximate surface area is 177 Å². The smallest absolute Gasteiger partial charge is 0.191 e. The lowest BCUT2D eigenvalue weighted by atomic mass is 10.2. The number of thiophene rings is 1. The normalized spacial score (nSPS) is 16.0. The van der Waals surface area contributed by atoms with E-state index in [1.165, 1.54) is 30.8 Å². The van der Waals surface area contributed by atoms with E-state index in [1.807, 2.05) is 35.6 Å². The number of hydrogen-bond donors (Lipinski definition) is 2. The first-order valence-electron chi connectivity index (χ1n) is 10.2. The maximum Gasteiger partial charge on any atom is 0.191 e. The lowest BCUT2D eigenvalue weighted by molar-refractivity contribution is 0.123. The molecular weight excluding hydrogens is 384 g/mol. The molecule has 0 saturated carbocycles. The summed E-state index contributed by atoms with van der Waals surface area (Å²) in [7, 11) is 3.49. The Morgan fingerprint density at radius 1 is 1.17 bits per heavy atom. The second-order valence-corrected chi connectivity index (χ2v) is 8.00. The van der Waals surface area contributed by atoms with E-state index in [2.05, 4.69) is 38.0 Å². The highest BCUT2D eigenvalue weighted by atomic mass is 32.1. The third kappa shape index (κ3) is 6.45. The van der Waals surface area contributed by atoms with E-state index >= 15 is 0 Å². The maximum atomic E-state index is 5.79. The fourth-order valence-corrected chi connectivity index (χ4v) is 4.46. The van der Waals surface area contributed by atoms with Crippen LogP contribution in [0.15, 0.2) is 46.8 Å². The molecule has 1 unspecified atom stereocenters. The maximum absolute atomic E-state index is 5.79. The van der Waals surface area contributed by atoms with Crippen molar-refractivity contribution in [3.05, 3.63) is 52.2 Å². The molecule has 2 aromatic rings. The quantitative estimate of drug-likeness (QED) is 0.354. The van der Waals surface area contributed by atoms with Crippen LogP contribution >= 0.6 is 11.3 Å². The highest BCUT2D eigenvalue weighted by molar-refractivity contribution is 7.10. The molecule has 1 fully saturated rings. The van der Waals surface area contributed by atoms with E-state index in [-0.39, 0.29) is 0 Å². The lowest BCUT2D eigenvalue weighted by Crippen LogP contribution is -2.43. The number of nitrogens with zero attached hydrogens (tertiary/aromatic N) is 2. The van der Waals surface area contributed by atoms with Crippen LogP contribution in [0.3, 0.4) is 0 Å². The topological polar surface area (TPSA) is 58.1 Å². The largest absolute Gasteiger partial charge is 0.496 e. The number of rotatable bonds is 10. The molecular formula is C22H32N4O2S. The summed E-state index contributed by atoms with van der Waals surface area (Å²) in [5.74, 6) is 1.67. The van der Waals surface area contributed by atoms with Crippen LogP contribution in [-0.4, -0.2) is 57.8 Å². The number of hydrogen-bond acceptors (Lipinski definition) is 5. The van der Waals surface area contributed by atoms with Gasteiger partial charge in [0.05, 0.1) is 26.4 Å². The molecule has 0 amide bonds. The molecule has 1 aromatic carbocycles. The second kappa shape index (κ2) is 11.8. The molecule has 0 radical (unpaired) electrons. The van der Waals surface area contributed by atoms with Crippen LogP contribution in [0.2, 0.25) is 0 Å². The Bertz CT molecular complexity index is 745. The van der Waals surface area contributed by atoms with Crippen molar-refractivity contribution in [2.24, 2.45) is 4.99 Å². The van der Waals surface area contributed by atoms with Gasteiger partial charge >= 0.3 is 0 Å². The minimum absolute atomic E-state index is 0.401. The minimum Gasteiger partial charge on any atom is -0.496 e. The summed E-state index contributed by atoms with van der Waals surface area (Å²) in [6, 6.07) is 12.7. The lowest BCUT2D eigenvalue weighted by Gasteiger charge is -2.27. The van der Waals surface area contributed by atoms with Gasteiger partial charge in [0.1, 0.15) is 5.75 Å². The molecule has 2 N–H and O–H groups in total. The van der Waals surface area contributed by atoms with Crippen molar-refractivity contribution >= 4 is 17.3 Å². The van der Waals surface area contributed by atoms with E-state index in [4.69, 9.17) is 9.47 Å². The first-order chi connectivity index (χ1) is 14.3. The Balaban J connectivity index is 1.40. The molecule has 1 aromatic heterocycles. The van der Waals surface area contributed by atoms with E-state index in [9.17, 15) is 0 Å². The molecule has 29 heavy (non-hydrogen) atoms. The zero-order chi connectivity index (χ0) is 20.3. The van der Waals surface area contributed by atoms with Gasteiger partial charge in [-0.2, -0.15) is 0 Å². The molecule has 7 heteroatoms. The standard InChI is InChI=1S/C22H32N4O2S/c1-23-22(24-11-14-28-17-18-8-3-4-9-20(18)27-2)25-16-19(21-10-7-15-29-21)26-12-5-6-13-26/h3-4,7-10,15,19H,5-6,11-14,16-17H2,1-2H3,(H2,23,24,25). The van der Waals surface area contributed by atoms with Crippen molar-refractivity contribution in [2.45, 2.75) is 25.5 Å². The van der Waals surface area contributed by atoms with Gasteiger partial charge in [-0.25, -0.2) is 0 Å². The number of likely N-dealkylation sites (tertiary alicyclic amines) is 1. The van der Waals surface area contributed by atoms with Gasteiger partial charge in [-0.05, 0) is 43.4 Å². The molecule has 2 heterocycles. The third-order valence-electron chi connectivity index (χ3n) is 5.13. The van der Waals surface area contributed by atoms with Crippen molar-refractivity contribution in [1.29, 1.82) is 0 Å². The average Bonchev–Trinajstić information content (AvgIpc) is 3.47. The fraction of sp³-hybridized carbons (Fsp3) is 0.500. The van der Waals surface area contributed by atoms with E-state index in [0.29, 0.717) is 25.8 Å². The van der Waals surface area contributed by atoms with Gasteiger partial charge in [0.25, 0.3) is 0 Å². The van der Waals surface area contributed by atoms with Gasteiger partial charge in [0.15, 0.2) is 5.96 Å². The van der Waals surface area contributed by atoms with Crippen molar-refractivity contribution in [1.82, 2.24) is 15.5 Å². The van der Waals surface area contributed by atoms with Gasteiger partial charge in [-0.3, -0.25) is 9.89 Å². The number of guanidine groups is 1. The number of aliphatic imine (C=N–C) groups is 1. The van der Waals surface area contributed by atoms with Crippen LogP contribution in [0.4, 0.5) is 0 Å². The highest BCUT2D eigenvalue weighted by Gasteiger charge is 2.24. The average molecular weight is 417 g/mol. The second-order valence-electron chi connectivity index (χ2n) is 7.02. The molecule has 3 rings (SSSR count). The monoisotopic (exact) mass is 416 g/mol. The summed E-state index contributed by atoms with van der Waals surface area (Å²) >= 11 is 1.83. The van der Waals surface area contributed by atoms with Gasteiger partial charge < -0.3 is 20.1 Å². The Morgan fingerprint density at radius 3 is 2.72 bits per heavy atom. The van der Waals surface area contributed by atoms with Gasteiger partial charge in [-0.15, -0.1) is 11.3 Å². The highest BCUT2D eigenvalue weighted by Crippen LogP contribution is 2.27. The zero-order valence-corrected chi connectivity index (χ0v) is 18.2. The number of nitrogens with one attached hydrogen (secondary N) is 2. The van der Waals surface area contributed by atoms with Crippen LogP contribution in [0.5, 0.6) is 5.75 Å². The molecule has 1 atom stereocenters. The number of benzene rings is 1. The summed E-state index contributed by atoms with van der Waals surface area (Å²) in [4.78, 5) is 8.34. The van der Waals surface area contributed by atoms with Crippen molar-refractivity contribution < 1.29 is 9.47 Å². The summed E-state index contributed by atoms with van der Waals surface area (Å²) in [6.07, 6.45) is 2.58. The fourth-order valence-electron chi connectivity index (χ4n) is 3.60. The van der Waals surface area contributed by atoms with E-state index < -0.39 is 0 Å². The van der Waals surface area contributed by atoms with Gasteiger partial charge in [0, 0.05) is 30.6 Å². The summed E-state index contributed by atoms with van der Waals surface area (Å²) < 4.78 is 11.1. The number of para-hydroxylation sites is 1. The van der Waals surface area contributed by atoms with E-state index in [0.717, 1.165) is 23.8 Å². The SMILES string of the molecule is CN=C(NCCOCc1ccccc1OC)NCC(c1cccs1)N1CCCC1. The predicted molar refractivity (Wildman–Crippen MR) is 120 cm³/mol. The van der Waals surface area contributed by atoms with Crippen molar-refractivity contribution in [3.8, 4) is 5.75 Å². The molecule has 0 aliphatic carbocycles. The first kappa shape index (κ1) is 21.6. The number of ether oxygens (including phenoxy) is 2. The van der Waals surface area contributed by atoms with E-state index in [1.54, 1.807) is 14.2 Å². The van der Waals surface area contributed by atoms with Crippen LogP contribution in [-0.2, 0) is 11.3 Å². The van der Waals surface area contributed by atoms with Gasteiger partial charge in [-0.1, -0.05) is 24.3 Å². The van der Waals surface area contributed by atoms with Crippen LogP contribution in [0.1, 0.15) is 29.3 Å².